The van der Waals surface area contributed by atoms with Gasteiger partial charge in [0.15, 0.2) is 6.29 Å². The van der Waals surface area contributed by atoms with E-state index in [1.807, 2.05) is 4.90 Å². The average molecular weight is 258 g/mol. The molecule has 0 spiro atoms. The van der Waals surface area contributed by atoms with Crippen LogP contribution in [-0.2, 0) is 11.3 Å². The Morgan fingerprint density at radius 2 is 2.12 bits per heavy atom. The Bertz CT molecular complexity index is 432. The Labute approximate surface area is 102 Å². The second-order valence-electron chi connectivity index (χ2n) is 3.37. The Morgan fingerprint density at radius 1 is 1.44 bits per heavy atom. The molecule has 0 radical (unpaired) electrons. The van der Waals surface area contributed by atoms with E-state index in [1.165, 1.54) is 23.9 Å². The van der Waals surface area contributed by atoms with Crippen molar-refractivity contribution in [2.45, 2.75) is 6.54 Å². The molecule has 2 rings (SSSR count). The summed E-state index contributed by atoms with van der Waals surface area (Å²) < 4.78 is 12.7. The number of hydrogen-bond donors (Lipinski definition) is 0. The standard InChI is InChI=1S/C11H9ClFNOS/c12-11-10(6-15)16-7-14(11)5-8-1-3-9(13)4-2-8/h1-4,6H,5,7H2. The van der Waals surface area contributed by atoms with Crippen molar-refractivity contribution < 1.29 is 9.18 Å². The highest BCUT2D eigenvalue weighted by Crippen LogP contribution is 2.33. The number of carbonyl (C=O) groups is 1. The third-order valence-electron chi connectivity index (χ3n) is 2.25. The van der Waals surface area contributed by atoms with E-state index in [2.05, 4.69) is 0 Å². The van der Waals surface area contributed by atoms with E-state index in [-0.39, 0.29) is 5.82 Å². The summed E-state index contributed by atoms with van der Waals surface area (Å²) in [6.45, 7) is 0.587. The summed E-state index contributed by atoms with van der Waals surface area (Å²) in [4.78, 5) is 13.1. The number of nitrogens with zero attached hydrogens (tertiary/aromatic N) is 1. The second-order valence-corrected chi connectivity index (χ2v) is 4.72. The van der Waals surface area contributed by atoms with Crippen LogP contribution in [0.1, 0.15) is 5.56 Å². The quantitative estimate of drug-likeness (QED) is 0.613. The zero-order valence-corrected chi connectivity index (χ0v) is 9.89. The van der Waals surface area contributed by atoms with Gasteiger partial charge in [-0.1, -0.05) is 35.5 Å². The molecule has 0 saturated heterocycles. The molecule has 0 aromatic heterocycles. The molecule has 0 bridgehead atoms. The number of allylic oxidation sites excluding steroid dienone is 1. The normalized spacial score (nSPS) is 15.8. The predicted molar refractivity (Wildman–Crippen MR) is 63.3 cm³/mol. The number of benzene rings is 1. The Kier molecular flexibility index (Phi) is 3.51. The van der Waals surface area contributed by atoms with Gasteiger partial charge in [-0.25, -0.2) is 4.39 Å². The van der Waals surface area contributed by atoms with Crippen LogP contribution in [0.5, 0.6) is 0 Å². The predicted octanol–water partition coefficient (Wildman–Crippen LogP) is 2.94. The number of thioether (sulfide) groups is 1. The monoisotopic (exact) mass is 257 g/mol. The lowest BCUT2D eigenvalue weighted by atomic mass is 10.2. The van der Waals surface area contributed by atoms with E-state index >= 15 is 0 Å². The molecule has 1 heterocycles. The fraction of sp³-hybridized carbons (Fsp3) is 0.182. The average Bonchev–Trinajstić information content (AvgIpc) is 2.63. The zero-order chi connectivity index (χ0) is 11.5. The van der Waals surface area contributed by atoms with E-state index in [9.17, 15) is 9.18 Å². The van der Waals surface area contributed by atoms with Crippen LogP contribution in [-0.4, -0.2) is 17.1 Å². The molecular formula is C11H9ClFNOS. The lowest BCUT2D eigenvalue weighted by Gasteiger charge is -2.17. The molecule has 0 saturated carbocycles. The topological polar surface area (TPSA) is 20.3 Å². The van der Waals surface area contributed by atoms with Gasteiger partial charge in [0.05, 0.1) is 10.8 Å². The molecule has 0 aliphatic carbocycles. The first-order chi connectivity index (χ1) is 7.70. The first-order valence-corrected chi connectivity index (χ1v) is 6.04. The summed E-state index contributed by atoms with van der Waals surface area (Å²) in [5.41, 5.74) is 0.965. The van der Waals surface area contributed by atoms with Crippen molar-refractivity contribution in [3.8, 4) is 0 Å². The largest absolute Gasteiger partial charge is 0.347 e. The van der Waals surface area contributed by atoms with E-state index in [0.29, 0.717) is 22.5 Å². The molecule has 0 amide bonds. The fourth-order valence-corrected chi connectivity index (χ4v) is 2.66. The first kappa shape index (κ1) is 11.5. The molecule has 0 atom stereocenters. The summed E-state index contributed by atoms with van der Waals surface area (Å²) in [5.74, 6) is 0.402. The van der Waals surface area contributed by atoms with Crippen LogP contribution in [0.2, 0.25) is 0 Å². The van der Waals surface area contributed by atoms with Gasteiger partial charge in [0.1, 0.15) is 11.0 Å². The summed E-state index contributed by atoms with van der Waals surface area (Å²) in [7, 11) is 0. The zero-order valence-electron chi connectivity index (χ0n) is 8.32. The maximum atomic E-state index is 12.7. The molecule has 5 heteroatoms. The van der Waals surface area contributed by atoms with Crippen molar-refractivity contribution in [1.29, 1.82) is 0 Å². The van der Waals surface area contributed by atoms with Gasteiger partial charge in [0.25, 0.3) is 0 Å². The molecule has 2 nitrogen and oxygen atoms in total. The smallest absolute Gasteiger partial charge is 0.159 e. The van der Waals surface area contributed by atoms with E-state index in [1.54, 1.807) is 12.1 Å². The van der Waals surface area contributed by atoms with Crippen molar-refractivity contribution in [3.05, 3.63) is 45.7 Å². The van der Waals surface area contributed by atoms with E-state index in [4.69, 9.17) is 11.6 Å². The summed E-state index contributed by atoms with van der Waals surface area (Å²) in [6, 6.07) is 6.25. The van der Waals surface area contributed by atoms with Crippen molar-refractivity contribution >= 4 is 29.6 Å². The minimum atomic E-state index is -0.255. The number of carbonyl (C=O) groups excluding carboxylic acids is 1. The van der Waals surface area contributed by atoms with Crippen molar-refractivity contribution in [2.75, 3.05) is 5.88 Å². The van der Waals surface area contributed by atoms with E-state index in [0.717, 1.165) is 11.8 Å². The molecule has 1 aliphatic rings. The van der Waals surface area contributed by atoms with Gasteiger partial charge < -0.3 is 4.90 Å². The van der Waals surface area contributed by atoms with Crippen LogP contribution in [0, 0.1) is 5.82 Å². The Hall–Kier alpha value is -1.00. The molecule has 0 fully saturated rings. The molecule has 84 valence electrons. The van der Waals surface area contributed by atoms with Crippen molar-refractivity contribution in [1.82, 2.24) is 4.90 Å². The molecular weight excluding hydrogens is 249 g/mol. The van der Waals surface area contributed by atoms with Crippen molar-refractivity contribution in [2.24, 2.45) is 0 Å². The van der Waals surface area contributed by atoms with Crippen LogP contribution in [0.3, 0.4) is 0 Å². The number of halogens is 2. The summed E-state index contributed by atoms with van der Waals surface area (Å²) in [6.07, 6.45) is 0.762. The van der Waals surface area contributed by atoms with Gasteiger partial charge in [-0.05, 0) is 17.7 Å². The minimum Gasteiger partial charge on any atom is -0.347 e. The van der Waals surface area contributed by atoms with Crippen LogP contribution in [0.25, 0.3) is 0 Å². The number of rotatable bonds is 3. The second kappa shape index (κ2) is 4.89. The van der Waals surface area contributed by atoms with Gasteiger partial charge in [-0.15, -0.1) is 0 Å². The van der Waals surface area contributed by atoms with E-state index < -0.39 is 0 Å². The van der Waals surface area contributed by atoms with Gasteiger partial charge >= 0.3 is 0 Å². The molecule has 1 aromatic rings. The van der Waals surface area contributed by atoms with Gasteiger partial charge in [0.2, 0.25) is 0 Å². The Balaban J connectivity index is 2.09. The lowest BCUT2D eigenvalue weighted by Crippen LogP contribution is -2.15. The SMILES string of the molecule is O=CC1=C(Cl)N(Cc2ccc(F)cc2)CS1. The van der Waals surface area contributed by atoms with Gasteiger partial charge in [-0.3, -0.25) is 4.79 Å². The van der Waals surface area contributed by atoms with Gasteiger partial charge in [-0.2, -0.15) is 0 Å². The highest BCUT2D eigenvalue weighted by Gasteiger charge is 2.21. The Morgan fingerprint density at radius 3 is 2.69 bits per heavy atom. The summed E-state index contributed by atoms with van der Waals surface area (Å²) in [5, 5.41) is 0.476. The third-order valence-corrected chi connectivity index (χ3v) is 3.85. The third kappa shape index (κ3) is 2.39. The molecule has 1 aromatic carbocycles. The highest BCUT2D eigenvalue weighted by molar-refractivity contribution is 8.04. The molecule has 0 unspecified atom stereocenters. The lowest BCUT2D eigenvalue weighted by molar-refractivity contribution is -0.104. The summed E-state index contributed by atoms with van der Waals surface area (Å²) >= 11 is 7.42. The fourth-order valence-electron chi connectivity index (χ4n) is 1.43. The maximum absolute atomic E-state index is 12.7. The number of aldehydes is 1. The van der Waals surface area contributed by atoms with Crippen molar-refractivity contribution in [3.63, 3.8) is 0 Å². The number of hydrogen-bond acceptors (Lipinski definition) is 3. The minimum absolute atomic E-state index is 0.255. The van der Waals surface area contributed by atoms with Crippen LogP contribution < -0.4 is 0 Å². The first-order valence-electron chi connectivity index (χ1n) is 4.68. The molecule has 16 heavy (non-hydrogen) atoms. The van der Waals surface area contributed by atoms with Crippen LogP contribution in [0.4, 0.5) is 4.39 Å². The van der Waals surface area contributed by atoms with Gasteiger partial charge in [0, 0.05) is 6.54 Å². The highest BCUT2D eigenvalue weighted by atomic mass is 35.5. The van der Waals surface area contributed by atoms with Crippen LogP contribution in [0.15, 0.2) is 34.3 Å². The molecule has 0 N–H and O–H groups in total. The van der Waals surface area contributed by atoms with Crippen LogP contribution >= 0.6 is 23.4 Å². The molecule has 1 aliphatic heterocycles. The maximum Gasteiger partial charge on any atom is 0.159 e.